The zero-order valence-electron chi connectivity index (χ0n) is 14.5. The van der Waals surface area contributed by atoms with Gasteiger partial charge in [0.1, 0.15) is 5.75 Å². The number of aryl methyl sites for hydroxylation is 1. The summed E-state index contributed by atoms with van der Waals surface area (Å²) in [5, 5.41) is 0. The molecule has 2 unspecified atom stereocenters. The van der Waals surface area contributed by atoms with E-state index in [1.165, 1.54) is 35.1 Å². The molecule has 0 N–H and O–H groups in total. The Balaban J connectivity index is 1.58. The van der Waals surface area contributed by atoms with Crippen LogP contribution >= 0.6 is 0 Å². The maximum Gasteiger partial charge on any atom is 0.122 e. The molecule has 24 heavy (non-hydrogen) atoms. The number of rotatable bonds is 4. The summed E-state index contributed by atoms with van der Waals surface area (Å²) >= 11 is 0. The zero-order valence-corrected chi connectivity index (χ0v) is 14.5. The molecule has 124 valence electrons. The van der Waals surface area contributed by atoms with Crippen LogP contribution in [0, 0.1) is 6.92 Å². The normalized spacial score (nSPS) is 23.2. The van der Waals surface area contributed by atoms with Gasteiger partial charge >= 0.3 is 0 Å². The molecule has 2 bridgehead atoms. The van der Waals surface area contributed by atoms with Gasteiger partial charge < -0.3 is 4.74 Å². The number of methoxy groups -OCH3 is 1. The molecule has 4 rings (SSSR count). The van der Waals surface area contributed by atoms with Crippen molar-refractivity contribution in [3.05, 3.63) is 71.3 Å². The van der Waals surface area contributed by atoms with Crippen LogP contribution in [-0.2, 0) is 6.54 Å². The van der Waals surface area contributed by atoms with Gasteiger partial charge in [-0.1, -0.05) is 48.5 Å². The van der Waals surface area contributed by atoms with Crippen LogP contribution in [0.25, 0.3) is 5.57 Å². The monoisotopic (exact) mass is 319 g/mol. The average Bonchev–Trinajstić information content (AvgIpc) is 2.84. The molecule has 2 aromatic rings. The number of nitrogens with zero attached hydrogens (tertiary/aromatic N) is 1. The van der Waals surface area contributed by atoms with Gasteiger partial charge in [0.25, 0.3) is 0 Å². The van der Waals surface area contributed by atoms with Crippen molar-refractivity contribution in [2.75, 3.05) is 7.11 Å². The summed E-state index contributed by atoms with van der Waals surface area (Å²) in [6, 6.07) is 18.7. The molecule has 2 atom stereocenters. The fourth-order valence-electron chi connectivity index (χ4n) is 4.19. The lowest BCUT2D eigenvalue weighted by atomic mass is 9.93. The van der Waals surface area contributed by atoms with Crippen molar-refractivity contribution in [1.82, 2.24) is 4.90 Å². The number of fused-ring (bicyclic) bond motifs is 2. The highest BCUT2D eigenvalue weighted by atomic mass is 16.5. The second-order valence-corrected chi connectivity index (χ2v) is 7.04. The largest absolute Gasteiger partial charge is 0.496 e. The van der Waals surface area contributed by atoms with Crippen LogP contribution in [0.1, 0.15) is 36.0 Å². The van der Waals surface area contributed by atoms with Gasteiger partial charge in [0.05, 0.1) is 7.11 Å². The van der Waals surface area contributed by atoms with E-state index in [4.69, 9.17) is 4.74 Å². The second kappa shape index (κ2) is 6.45. The molecule has 0 aromatic heterocycles. The highest BCUT2D eigenvalue weighted by Gasteiger charge is 2.36. The molecule has 1 saturated heterocycles. The van der Waals surface area contributed by atoms with Gasteiger partial charge in [-0.05, 0) is 54.5 Å². The Labute approximate surface area is 144 Å². The predicted molar refractivity (Wildman–Crippen MR) is 99.1 cm³/mol. The van der Waals surface area contributed by atoms with Crippen LogP contribution < -0.4 is 4.74 Å². The lowest BCUT2D eigenvalue weighted by molar-refractivity contribution is 0.203. The maximum atomic E-state index is 5.51. The second-order valence-electron chi connectivity index (χ2n) is 7.04. The van der Waals surface area contributed by atoms with Crippen molar-refractivity contribution in [2.45, 2.75) is 44.8 Å². The van der Waals surface area contributed by atoms with Gasteiger partial charge in [-0.2, -0.15) is 0 Å². The zero-order chi connectivity index (χ0) is 16.5. The number of ether oxygens (including phenoxy) is 1. The van der Waals surface area contributed by atoms with E-state index in [0.717, 1.165) is 18.7 Å². The molecule has 2 heterocycles. The predicted octanol–water partition coefficient (Wildman–Crippen LogP) is 4.82. The number of hydrogen-bond donors (Lipinski definition) is 0. The first-order valence-electron chi connectivity index (χ1n) is 8.90. The molecule has 2 heteroatoms. The van der Waals surface area contributed by atoms with Crippen molar-refractivity contribution in [3.8, 4) is 5.75 Å². The molecule has 0 saturated carbocycles. The fraction of sp³-hybridized carbons (Fsp3) is 0.364. The first-order chi connectivity index (χ1) is 11.7. The van der Waals surface area contributed by atoms with Crippen molar-refractivity contribution in [2.24, 2.45) is 0 Å². The van der Waals surface area contributed by atoms with Gasteiger partial charge in [-0.3, -0.25) is 4.90 Å². The van der Waals surface area contributed by atoms with Gasteiger partial charge in [-0.15, -0.1) is 0 Å². The Morgan fingerprint density at radius 1 is 1.08 bits per heavy atom. The Hall–Kier alpha value is -2.06. The molecule has 1 fully saturated rings. The molecule has 2 aromatic carbocycles. The minimum absolute atomic E-state index is 0.575. The molecule has 0 aliphatic carbocycles. The van der Waals surface area contributed by atoms with Crippen LogP contribution in [0.2, 0.25) is 0 Å². The third kappa shape index (κ3) is 2.87. The first-order valence-corrected chi connectivity index (χ1v) is 8.90. The number of hydrogen-bond acceptors (Lipinski definition) is 2. The summed E-state index contributed by atoms with van der Waals surface area (Å²) in [5.74, 6) is 0.993. The highest BCUT2D eigenvalue weighted by molar-refractivity contribution is 5.69. The van der Waals surface area contributed by atoms with Crippen molar-refractivity contribution < 1.29 is 4.74 Å². The summed E-state index contributed by atoms with van der Waals surface area (Å²) in [4.78, 5) is 2.68. The molecule has 0 radical (unpaired) electrons. The fourth-order valence-corrected chi connectivity index (χ4v) is 4.19. The SMILES string of the molecule is COc1cc(C2=CC3CCC(C2)N3Cc2ccccc2)ccc1C. The van der Waals surface area contributed by atoms with E-state index in [0.29, 0.717) is 12.1 Å². The lowest BCUT2D eigenvalue weighted by Gasteiger charge is -2.34. The van der Waals surface area contributed by atoms with Crippen molar-refractivity contribution in [1.29, 1.82) is 0 Å². The van der Waals surface area contributed by atoms with E-state index >= 15 is 0 Å². The minimum Gasteiger partial charge on any atom is -0.496 e. The summed E-state index contributed by atoms with van der Waals surface area (Å²) < 4.78 is 5.51. The van der Waals surface area contributed by atoms with Gasteiger partial charge in [0.2, 0.25) is 0 Å². The van der Waals surface area contributed by atoms with Gasteiger partial charge in [-0.25, -0.2) is 0 Å². The Bertz CT molecular complexity index is 750. The number of benzene rings is 2. The van der Waals surface area contributed by atoms with Crippen molar-refractivity contribution >= 4 is 5.57 Å². The molecule has 2 nitrogen and oxygen atoms in total. The third-order valence-electron chi connectivity index (χ3n) is 5.53. The molecular formula is C22H25NO. The first kappa shape index (κ1) is 15.5. The van der Waals surface area contributed by atoms with Crippen molar-refractivity contribution in [3.63, 3.8) is 0 Å². The van der Waals surface area contributed by atoms with Crippen LogP contribution in [0.4, 0.5) is 0 Å². The third-order valence-corrected chi connectivity index (χ3v) is 5.53. The molecule has 0 spiro atoms. The summed E-state index contributed by atoms with van der Waals surface area (Å²) in [5.41, 5.74) is 5.44. The molecular weight excluding hydrogens is 294 g/mol. The van der Waals surface area contributed by atoms with E-state index in [-0.39, 0.29) is 0 Å². The van der Waals surface area contributed by atoms with E-state index in [9.17, 15) is 0 Å². The van der Waals surface area contributed by atoms with Crippen LogP contribution in [0.3, 0.4) is 0 Å². The average molecular weight is 319 g/mol. The summed E-state index contributed by atoms with van der Waals surface area (Å²) in [6.45, 7) is 3.17. The quantitative estimate of drug-likeness (QED) is 0.801. The van der Waals surface area contributed by atoms with Crippen LogP contribution in [-0.4, -0.2) is 24.1 Å². The van der Waals surface area contributed by atoms with Gasteiger partial charge in [0, 0.05) is 18.6 Å². The molecule has 2 aliphatic heterocycles. The van der Waals surface area contributed by atoms with Crippen LogP contribution in [0.5, 0.6) is 5.75 Å². The summed E-state index contributed by atoms with van der Waals surface area (Å²) in [7, 11) is 1.76. The van der Waals surface area contributed by atoms with E-state index in [1.54, 1.807) is 7.11 Å². The van der Waals surface area contributed by atoms with E-state index in [1.807, 2.05) is 0 Å². The smallest absolute Gasteiger partial charge is 0.122 e. The van der Waals surface area contributed by atoms with Crippen LogP contribution in [0.15, 0.2) is 54.6 Å². The minimum atomic E-state index is 0.575. The maximum absolute atomic E-state index is 5.51. The van der Waals surface area contributed by atoms with E-state index < -0.39 is 0 Å². The highest BCUT2D eigenvalue weighted by Crippen LogP contribution is 2.40. The standard InChI is InChI=1S/C22H25NO/c1-16-8-9-18(14-22(16)24-2)19-12-20-10-11-21(13-19)23(20)15-17-6-4-3-5-7-17/h3-9,12,14,20-21H,10-11,13,15H2,1-2H3. The lowest BCUT2D eigenvalue weighted by Crippen LogP contribution is -2.37. The summed E-state index contributed by atoms with van der Waals surface area (Å²) in [6.07, 6.45) is 6.23. The Morgan fingerprint density at radius 3 is 2.67 bits per heavy atom. The molecule has 2 aliphatic rings. The van der Waals surface area contributed by atoms with Gasteiger partial charge in [0.15, 0.2) is 0 Å². The Morgan fingerprint density at radius 2 is 1.92 bits per heavy atom. The molecule has 0 amide bonds. The Kier molecular flexibility index (Phi) is 4.15. The topological polar surface area (TPSA) is 12.5 Å². The van der Waals surface area contributed by atoms with E-state index in [2.05, 4.69) is 66.4 Å².